The van der Waals surface area contributed by atoms with Crippen molar-refractivity contribution in [1.29, 1.82) is 0 Å². The van der Waals surface area contributed by atoms with Crippen molar-refractivity contribution in [3.05, 3.63) is 27.5 Å². The molecule has 86 valence electrons. The average molecular weight is 273 g/mol. The molecule has 2 aromatic rings. The molecule has 2 rings (SSSR count). The van der Waals surface area contributed by atoms with E-state index in [-0.39, 0.29) is 0 Å². The summed E-state index contributed by atoms with van der Waals surface area (Å²) < 4.78 is 0.812. The van der Waals surface area contributed by atoms with Gasteiger partial charge in [-0.3, -0.25) is 0 Å². The summed E-state index contributed by atoms with van der Waals surface area (Å²) in [4.78, 5) is 5.72. The molecule has 0 saturated carbocycles. The van der Waals surface area contributed by atoms with E-state index in [9.17, 15) is 0 Å². The van der Waals surface area contributed by atoms with Crippen molar-refractivity contribution in [3.63, 3.8) is 0 Å². The Hall–Kier alpha value is -0.420. The van der Waals surface area contributed by atoms with Gasteiger partial charge in [0.2, 0.25) is 0 Å². The first kappa shape index (κ1) is 12.0. The number of halogens is 1. The third-order valence-electron chi connectivity index (χ3n) is 2.03. The summed E-state index contributed by atoms with van der Waals surface area (Å²) in [6.07, 6.45) is 0. The lowest BCUT2D eigenvalue weighted by Crippen LogP contribution is -2.21. The van der Waals surface area contributed by atoms with Crippen LogP contribution in [0.4, 0.5) is 0 Å². The zero-order chi connectivity index (χ0) is 11.5. The molecule has 2 heterocycles. The van der Waals surface area contributed by atoms with Crippen LogP contribution in [0.3, 0.4) is 0 Å². The molecule has 16 heavy (non-hydrogen) atoms. The standard InChI is InChI=1S/C11H13ClN2S2/c1-7(2)13-5-8-6-15-11(14-8)9-3-4-10(12)16-9/h3-4,6-7,13H,5H2,1-2H3. The first-order valence-corrected chi connectivity index (χ1v) is 7.16. The average Bonchev–Trinajstić information content (AvgIpc) is 2.83. The van der Waals surface area contributed by atoms with E-state index >= 15 is 0 Å². The Morgan fingerprint density at radius 1 is 1.44 bits per heavy atom. The summed E-state index contributed by atoms with van der Waals surface area (Å²) in [6.45, 7) is 5.09. The lowest BCUT2D eigenvalue weighted by Gasteiger charge is -2.04. The first-order chi connectivity index (χ1) is 7.65. The second-order valence-electron chi connectivity index (χ2n) is 3.78. The molecule has 2 aromatic heterocycles. The van der Waals surface area contributed by atoms with E-state index in [4.69, 9.17) is 11.6 Å². The zero-order valence-electron chi connectivity index (χ0n) is 9.16. The Balaban J connectivity index is 2.07. The van der Waals surface area contributed by atoms with Gasteiger partial charge in [0.05, 0.1) is 14.9 Å². The minimum Gasteiger partial charge on any atom is -0.309 e. The highest BCUT2D eigenvalue weighted by atomic mass is 35.5. The predicted molar refractivity (Wildman–Crippen MR) is 72.4 cm³/mol. The lowest BCUT2D eigenvalue weighted by molar-refractivity contribution is 0.583. The predicted octanol–water partition coefficient (Wildman–Crippen LogP) is 4.02. The van der Waals surface area contributed by atoms with Gasteiger partial charge in [0, 0.05) is 18.0 Å². The molecule has 1 N–H and O–H groups in total. The summed E-state index contributed by atoms with van der Waals surface area (Å²) >= 11 is 9.14. The van der Waals surface area contributed by atoms with Crippen molar-refractivity contribution < 1.29 is 0 Å². The summed E-state index contributed by atoms with van der Waals surface area (Å²) in [5.74, 6) is 0. The molecule has 0 aliphatic carbocycles. The van der Waals surface area contributed by atoms with E-state index in [0.717, 1.165) is 26.5 Å². The van der Waals surface area contributed by atoms with Crippen LogP contribution >= 0.6 is 34.3 Å². The monoisotopic (exact) mass is 272 g/mol. The quantitative estimate of drug-likeness (QED) is 0.909. The molecule has 0 aliphatic heterocycles. The van der Waals surface area contributed by atoms with E-state index in [1.807, 2.05) is 12.1 Å². The molecule has 5 heteroatoms. The first-order valence-electron chi connectivity index (χ1n) is 5.08. The number of aromatic nitrogens is 1. The maximum atomic E-state index is 5.90. The van der Waals surface area contributed by atoms with E-state index in [1.165, 1.54) is 0 Å². The summed E-state index contributed by atoms with van der Waals surface area (Å²) in [5.41, 5.74) is 1.10. The molecule has 2 nitrogen and oxygen atoms in total. The van der Waals surface area contributed by atoms with E-state index < -0.39 is 0 Å². The summed E-state index contributed by atoms with van der Waals surface area (Å²) in [7, 11) is 0. The van der Waals surface area contributed by atoms with Gasteiger partial charge in [0.15, 0.2) is 0 Å². The smallest absolute Gasteiger partial charge is 0.133 e. The van der Waals surface area contributed by atoms with Crippen LogP contribution in [0, 0.1) is 0 Å². The highest BCUT2D eigenvalue weighted by Gasteiger charge is 2.07. The molecule has 0 amide bonds. The van der Waals surface area contributed by atoms with Gasteiger partial charge in [0.1, 0.15) is 5.01 Å². The van der Waals surface area contributed by atoms with E-state index in [2.05, 4.69) is 29.5 Å². The SMILES string of the molecule is CC(C)NCc1csc(-c2ccc(Cl)s2)n1. The Kier molecular flexibility index (Phi) is 3.97. The van der Waals surface area contributed by atoms with Crippen molar-refractivity contribution in [2.45, 2.75) is 26.4 Å². The molecule has 0 saturated heterocycles. The van der Waals surface area contributed by atoms with Crippen LogP contribution < -0.4 is 5.32 Å². The highest BCUT2D eigenvalue weighted by Crippen LogP contribution is 2.32. The molecule has 0 unspecified atom stereocenters. The molecule has 0 aliphatic rings. The molecule has 0 radical (unpaired) electrons. The van der Waals surface area contributed by atoms with Crippen LogP contribution in [0.25, 0.3) is 9.88 Å². The van der Waals surface area contributed by atoms with Gasteiger partial charge in [-0.05, 0) is 12.1 Å². The Morgan fingerprint density at radius 3 is 2.88 bits per heavy atom. The number of nitrogens with zero attached hydrogens (tertiary/aromatic N) is 1. The molecule has 0 spiro atoms. The number of nitrogens with one attached hydrogen (secondary N) is 1. The Bertz CT molecular complexity index is 462. The number of thiophene rings is 1. The lowest BCUT2D eigenvalue weighted by atomic mass is 10.3. The zero-order valence-corrected chi connectivity index (χ0v) is 11.5. The van der Waals surface area contributed by atoms with Gasteiger partial charge in [-0.25, -0.2) is 4.98 Å². The Morgan fingerprint density at radius 2 is 2.25 bits per heavy atom. The minimum atomic E-state index is 0.487. The molecule has 0 fully saturated rings. The minimum absolute atomic E-state index is 0.487. The summed E-state index contributed by atoms with van der Waals surface area (Å²) in [6, 6.07) is 4.42. The molecule has 0 atom stereocenters. The summed E-state index contributed by atoms with van der Waals surface area (Å²) in [5, 5.41) is 6.50. The second-order valence-corrected chi connectivity index (χ2v) is 6.36. The van der Waals surface area contributed by atoms with Crippen LogP contribution in [0.2, 0.25) is 4.34 Å². The van der Waals surface area contributed by atoms with Gasteiger partial charge < -0.3 is 5.32 Å². The topological polar surface area (TPSA) is 24.9 Å². The second kappa shape index (κ2) is 5.27. The fourth-order valence-corrected chi connectivity index (χ4v) is 3.17. The third kappa shape index (κ3) is 3.04. The number of hydrogen-bond acceptors (Lipinski definition) is 4. The van der Waals surface area contributed by atoms with Crippen molar-refractivity contribution >= 4 is 34.3 Å². The van der Waals surface area contributed by atoms with Crippen LogP contribution in [0.15, 0.2) is 17.5 Å². The fourth-order valence-electron chi connectivity index (χ4n) is 1.24. The van der Waals surface area contributed by atoms with Gasteiger partial charge >= 0.3 is 0 Å². The van der Waals surface area contributed by atoms with Gasteiger partial charge in [-0.2, -0.15) is 0 Å². The van der Waals surface area contributed by atoms with E-state index in [1.54, 1.807) is 22.7 Å². The molecular formula is C11H13ClN2S2. The fraction of sp³-hybridized carbons (Fsp3) is 0.364. The van der Waals surface area contributed by atoms with Crippen molar-refractivity contribution in [2.24, 2.45) is 0 Å². The van der Waals surface area contributed by atoms with Gasteiger partial charge in [0.25, 0.3) is 0 Å². The largest absolute Gasteiger partial charge is 0.309 e. The van der Waals surface area contributed by atoms with Crippen molar-refractivity contribution in [2.75, 3.05) is 0 Å². The van der Waals surface area contributed by atoms with Crippen LogP contribution in [0.1, 0.15) is 19.5 Å². The number of rotatable bonds is 4. The van der Waals surface area contributed by atoms with Crippen molar-refractivity contribution in [3.8, 4) is 9.88 Å². The van der Waals surface area contributed by atoms with Crippen LogP contribution in [0.5, 0.6) is 0 Å². The maximum Gasteiger partial charge on any atom is 0.133 e. The van der Waals surface area contributed by atoms with Crippen LogP contribution in [-0.2, 0) is 6.54 Å². The molecule has 0 bridgehead atoms. The number of thiazole rings is 1. The normalized spacial score (nSPS) is 11.2. The number of hydrogen-bond donors (Lipinski definition) is 1. The van der Waals surface area contributed by atoms with E-state index in [0.29, 0.717) is 6.04 Å². The highest BCUT2D eigenvalue weighted by molar-refractivity contribution is 7.23. The third-order valence-corrected chi connectivity index (χ3v) is 4.32. The maximum absolute atomic E-state index is 5.90. The van der Waals surface area contributed by atoms with Gasteiger partial charge in [-0.1, -0.05) is 25.4 Å². The van der Waals surface area contributed by atoms with Gasteiger partial charge in [-0.15, -0.1) is 22.7 Å². The molecule has 0 aromatic carbocycles. The van der Waals surface area contributed by atoms with Crippen molar-refractivity contribution in [1.82, 2.24) is 10.3 Å². The van der Waals surface area contributed by atoms with Crippen LogP contribution in [-0.4, -0.2) is 11.0 Å². The molecular weight excluding hydrogens is 260 g/mol. The Labute approximate surface area is 108 Å².